The zero-order valence-electron chi connectivity index (χ0n) is 18.9. The van der Waals surface area contributed by atoms with Gasteiger partial charge in [-0.15, -0.1) is 0 Å². The highest BCUT2D eigenvalue weighted by Crippen LogP contribution is 2.38. The Labute approximate surface area is 221 Å². The van der Waals surface area contributed by atoms with Crippen molar-refractivity contribution in [1.29, 1.82) is 0 Å². The summed E-state index contributed by atoms with van der Waals surface area (Å²) in [5.74, 6) is -1.49. The average molecular weight is 545 g/mol. The van der Waals surface area contributed by atoms with E-state index in [0.717, 1.165) is 11.8 Å². The van der Waals surface area contributed by atoms with Crippen molar-refractivity contribution in [2.45, 2.75) is 13.5 Å². The van der Waals surface area contributed by atoms with Crippen molar-refractivity contribution in [2.24, 2.45) is 4.99 Å². The summed E-state index contributed by atoms with van der Waals surface area (Å²) in [4.78, 5) is 30.6. The average Bonchev–Trinajstić information content (AvgIpc) is 3.13. The van der Waals surface area contributed by atoms with Gasteiger partial charge in [0.1, 0.15) is 12.4 Å². The fourth-order valence-electron chi connectivity index (χ4n) is 3.41. The van der Waals surface area contributed by atoms with Gasteiger partial charge in [-0.3, -0.25) is 9.69 Å². The molecule has 3 aromatic rings. The van der Waals surface area contributed by atoms with E-state index in [9.17, 15) is 19.1 Å². The fourth-order valence-corrected chi connectivity index (χ4v) is 5.08. The molecule has 1 saturated heterocycles. The quantitative estimate of drug-likeness (QED) is 0.323. The number of nitrogens with zero attached hydrogens (tertiary/aromatic N) is 2. The van der Waals surface area contributed by atoms with Gasteiger partial charge in [-0.05, 0) is 66.7 Å². The lowest BCUT2D eigenvalue weighted by atomic mass is 10.2. The largest absolute Gasteiger partial charge is 0.486 e. The van der Waals surface area contributed by atoms with Gasteiger partial charge in [0.05, 0.1) is 26.2 Å². The Morgan fingerprint density at radius 1 is 1.14 bits per heavy atom. The van der Waals surface area contributed by atoms with E-state index in [1.54, 1.807) is 48.5 Å². The van der Waals surface area contributed by atoms with Crippen LogP contribution in [-0.4, -0.2) is 33.6 Å². The van der Waals surface area contributed by atoms with Crippen LogP contribution in [0.1, 0.15) is 28.4 Å². The number of benzene rings is 3. The lowest BCUT2D eigenvalue weighted by Gasteiger charge is -2.12. The highest BCUT2D eigenvalue weighted by atomic mass is 35.5. The highest BCUT2D eigenvalue weighted by Gasteiger charge is 2.32. The topological polar surface area (TPSA) is 79.2 Å². The van der Waals surface area contributed by atoms with E-state index < -0.39 is 11.8 Å². The molecular weight excluding hydrogens is 526 g/mol. The number of carbonyl (C=O) groups is 2. The number of thioether (sulfide) groups is 1. The van der Waals surface area contributed by atoms with Crippen molar-refractivity contribution < 1.29 is 23.8 Å². The minimum absolute atomic E-state index is 0.0464. The van der Waals surface area contributed by atoms with Crippen molar-refractivity contribution >= 4 is 63.8 Å². The van der Waals surface area contributed by atoms with Gasteiger partial charge >= 0.3 is 5.97 Å². The Hall–Kier alpha value is -3.33. The predicted molar refractivity (Wildman–Crippen MR) is 141 cm³/mol. The standard InChI is InChI=1S/C26H19Cl2FN2O4S/c1-2-31-24(32)22(36-26(31)30-18-8-5-7-16(13-18)25(33)34)12-15-10-19(27)23(20(28)11-15)35-14-17-6-3-4-9-21(17)29/h3-13H,2,14H2,1H3,(H,33,34). The smallest absolute Gasteiger partial charge is 0.335 e. The summed E-state index contributed by atoms with van der Waals surface area (Å²) >= 11 is 13.9. The molecule has 1 N–H and O–H groups in total. The molecule has 1 heterocycles. The van der Waals surface area contributed by atoms with E-state index in [0.29, 0.717) is 33.4 Å². The van der Waals surface area contributed by atoms with Gasteiger partial charge in [0.25, 0.3) is 5.91 Å². The molecule has 3 aromatic carbocycles. The van der Waals surface area contributed by atoms with Crippen molar-refractivity contribution in [3.63, 3.8) is 0 Å². The number of rotatable bonds is 7. The summed E-state index contributed by atoms with van der Waals surface area (Å²) in [6.07, 6.45) is 1.64. The number of carboxylic acids is 1. The van der Waals surface area contributed by atoms with Crippen molar-refractivity contribution in [3.05, 3.63) is 98.1 Å². The molecule has 184 valence electrons. The van der Waals surface area contributed by atoms with E-state index in [2.05, 4.69) is 4.99 Å². The van der Waals surface area contributed by atoms with Crippen LogP contribution in [0.5, 0.6) is 5.75 Å². The summed E-state index contributed by atoms with van der Waals surface area (Å²) in [6, 6.07) is 15.6. The third-order valence-corrected chi connectivity index (χ3v) is 6.74. The molecule has 0 bridgehead atoms. The Morgan fingerprint density at radius 3 is 2.53 bits per heavy atom. The first kappa shape index (κ1) is 25.8. The van der Waals surface area contributed by atoms with Gasteiger partial charge in [-0.2, -0.15) is 0 Å². The number of likely N-dealkylation sites (N-methyl/N-ethyl adjacent to an activating group) is 1. The third-order valence-electron chi connectivity index (χ3n) is 5.17. The molecule has 0 aromatic heterocycles. The monoisotopic (exact) mass is 544 g/mol. The molecule has 1 fully saturated rings. The van der Waals surface area contributed by atoms with E-state index >= 15 is 0 Å². The van der Waals surface area contributed by atoms with Crippen LogP contribution in [0.2, 0.25) is 10.0 Å². The number of hydrogen-bond acceptors (Lipinski definition) is 5. The van der Waals surface area contributed by atoms with Crippen molar-refractivity contribution in [3.8, 4) is 5.75 Å². The maximum Gasteiger partial charge on any atom is 0.335 e. The van der Waals surface area contributed by atoms with Gasteiger partial charge in [0.2, 0.25) is 0 Å². The Morgan fingerprint density at radius 2 is 1.86 bits per heavy atom. The van der Waals surface area contributed by atoms with Crippen LogP contribution >= 0.6 is 35.0 Å². The van der Waals surface area contributed by atoms with Gasteiger partial charge in [-0.25, -0.2) is 14.2 Å². The van der Waals surface area contributed by atoms with Crippen LogP contribution in [0.25, 0.3) is 6.08 Å². The third kappa shape index (κ3) is 5.73. The summed E-state index contributed by atoms with van der Waals surface area (Å²) in [5.41, 5.74) is 1.47. The van der Waals surface area contributed by atoms with E-state index in [1.807, 2.05) is 6.92 Å². The molecular formula is C26H19Cl2FN2O4S. The fraction of sp³-hybridized carbons (Fsp3) is 0.115. The molecule has 10 heteroatoms. The van der Waals surface area contributed by atoms with Crippen LogP contribution in [-0.2, 0) is 11.4 Å². The minimum atomic E-state index is -1.06. The number of ether oxygens (including phenoxy) is 1. The number of halogens is 3. The minimum Gasteiger partial charge on any atom is -0.486 e. The maximum atomic E-state index is 13.9. The lowest BCUT2D eigenvalue weighted by Crippen LogP contribution is -2.28. The number of amidine groups is 1. The van der Waals surface area contributed by atoms with Crippen LogP contribution in [0.15, 0.2) is 70.6 Å². The molecule has 1 aliphatic heterocycles. The molecule has 0 atom stereocenters. The van der Waals surface area contributed by atoms with E-state index in [-0.39, 0.29) is 33.9 Å². The summed E-state index contributed by atoms with van der Waals surface area (Å²) in [5, 5.41) is 10.1. The second-order valence-electron chi connectivity index (χ2n) is 7.60. The maximum absolute atomic E-state index is 13.9. The molecule has 6 nitrogen and oxygen atoms in total. The Kier molecular flexibility index (Phi) is 7.98. The Balaban J connectivity index is 1.58. The number of carboxylic acid groups (broad SMARTS) is 1. The van der Waals surface area contributed by atoms with Crippen molar-refractivity contribution in [2.75, 3.05) is 6.54 Å². The molecule has 0 radical (unpaired) electrons. The zero-order chi connectivity index (χ0) is 25.8. The van der Waals surface area contributed by atoms with Gasteiger partial charge < -0.3 is 9.84 Å². The summed E-state index contributed by atoms with van der Waals surface area (Å²) in [6.45, 7) is 2.15. The number of amides is 1. The number of carbonyl (C=O) groups excluding carboxylic acids is 1. The molecule has 0 aliphatic carbocycles. The first-order chi connectivity index (χ1) is 17.3. The van der Waals surface area contributed by atoms with Gasteiger partial charge in [0.15, 0.2) is 10.9 Å². The SMILES string of the molecule is CCN1C(=O)C(=Cc2cc(Cl)c(OCc3ccccc3F)c(Cl)c2)SC1=Nc1cccc(C(=O)O)c1. The number of hydrogen-bond donors (Lipinski definition) is 1. The molecule has 0 saturated carbocycles. The first-order valence-electron chi connectivity index (χ1n) is 10.8. The predicted octanol–water partition coefficient (Wildman–Crippen LogP) is 7.03. The molecule has 0 spiro atoms. The van der Waals surface area contributed by atoms with Gasteiger partial charge in [0, 0.05) is 12.1 Å². The molecule has 1 aliphatic rings. The molecule has 36 heavy (non-hydrogen) atoms. The summed E-state index contributed by atoms with van der Waals surface area (Å²) in [7, 11) is 0. The lowest BCUT2D eigenvalue weighted by molar-refractivity contribution is -0.122. The number of aromatic carboxylic acids is 1. The number of aliphatic imine (C=N–C) groups is 1. The Bertz CT molecular complexity index is 1390. The van der Waals surface area contributed by atoms with Gasteiger partial charge in [-0.1, -0.05) is 47.5 Å². The van der Waals surface area contributed by atoms with Crippen molar-refractivity contribution in [1.82, 2.24) is 4.90 Å². The van der Waals surface area contributed by atoms with Crippen LogP contribution in [0.4, 0.5) is 10.1 Å². The zero-order valence-corrected chi connectivity index (χ0v) is 21.2. The van der Waals surface area contributed by atoms with Crippen LogP contribution in [0, 0.1) is 5.82 Å². The van der Waals surface area contributed by atoms with E-state index in [1.165, 1.54) is 23.1 Å². The normalized spacial score (nSPS) is 15.7. The molecule has 4 rings (SSSR count). The molecule has 0 unspecified atom stereocenters. The second-order valence-corrected chi connectivity index (χ2v) is 9.43. The highest BCUT2D eigenvalue weighted by molar-refractivity contribution is 8.18. The van der Waals surface area contributed by atoms with Crippen LogP contribution < -0.4 is 4.74 Å². The van der Waals surface area contributed by atoms with E-state index in [4.69, 9.17) is 27.9 Å². The molecule has 1 amide bonds. The second kappa shape index (κ2) is 11.2. The summed E-state index contributed by atoms with van der Waals surface area (Å²) < 4.78 is 19.5. The first-order valence-corrected chi connectivity index (χ1v) is 12.3. The van der Waals surface area contributed by atoms with Crippen LogP contribution in [0.3, 0.4) is 0 Å².